The van der Waals surface area contributed by atoms with Gasteiger partial charge in [0.1, 0.15) is 4.32 Å². The molecule has 2 aromatic carbocycles. The Labute approximate surface area is 157 Å². The van der Waals surface area contributed by atoms with E-state index >= 15 is 0 Å². The maximum absolute atomic E-state index is 11.2. The Kier molecular flexibility index (Phi) is 5.51. The van der Waals surface area contributed by atoms with Crippen LogP contribution in [0.5, 0.6) is 11.5 Å². The van der Waals surface area contributed by atoms with Crippen LogP contribution >= 0.6 is 24.0 Å². The molecule has 1 N–H and O–H groups in total. The van der Waals surface area contributed by atoms with Crippen LogP contribution in [0.2, 0.25) is 0 Å². The van der Waals surface area contributed by atoms with Crippen molar-refractivity contribution in [1.29, 1.82) is 0 Å². The van der Waals surface area contributed by atoms with Crippen LogP contribution in [0.25, 0.3) is 0 Å². The number of rotatable bonds is 6. The van der Waals surface area contributed by atoms with Gasteiger partial charge < -0.3 is 19.5 Å². The van der Waals surface area contributed by atoms with Gasteiger partial charge in [-0.25, -0.2) is 0 Å². The second-order valence-electron chi connectivity index (χ2n) is 5.83. The molecule has 1 aliphatic rings. The molecular formula is C19H21NO3S2. The molecule has 1 aliphatic heterocycles. The molecule has 6 heteroatoms. The van der Waals surface area contributed by atoms with Crippen molar-refractivity contribution in [2.24, 2.45) is 0 Å². The number of hydrogen-bond donors (Lipinski definition) is 1. The maximum Gasteiger partial charge on any atom is 0.175 e. The topological polar surface area (TPSA) is 41.9 Å². The van der Waals surface area contributed by atoms with E-state index in [4.69, 9.17) is 21.7 Å². The molecule has 1 unspecified atom stereocenters. The molecule has 0 bridgehead atoms. The molecule has 0 amide bonds. The van der Waals surface area contributed by atoms with Crippen LogP contribution in [-0.4, -0.2) is 40.8 Å². The van der Waals surface area contributed by atoms with Gasteiger partial charge in [-0.05, 0) is 24.1 Å². The highest BCUT2D eigenvalue weighted by atomic mass is 32.2. The fourth-order valence-electron chi connectivity index (χ4n) is 2.97. The highest BCUT2D eigenvalue weighted by Crippen LogP contribution is 2.39. The molecule has 0 spiro atoms. The molecule has 0 aliphatic carbocycles. The van der Waals surface area contributed by atoms with E-state index in [2.05, 4.69) is 0 Å². The monoisotopic (exact) mass is 375 g/mol. The van der Waals surface area contributed by atoms with Gasteiger partial charge in [0.25, 0.3) is 0 Å². The Morgan fingerprint density at radius 3 is 2.52 bits per heavy atom. The van der Waals surface area contributed by atoms with Crippen LogP contribution in [0.1, 0.15) is 11.1 Å². The molecular weight excluding hydrogens is 354 g/mol. The minimum atomic E-state index is -1.06. The van der Waals surface area contributed by atoms with Crippen LogP contribution in [0.4, 0.5) is 0 Å². The fraction of sp³-hybridized carbons (Fsp3) is 0.316. The molecule has 0 radical (unpaired) electrons. The van der Waals surface area contributed by atoms with Crippen LogP contribution in [-0.2, 0) is 12.1 Å². The van der Waals surface area contributed by atoms with Crippen LogP contribution in [0.3, 0.4) is 0 Å². The standard InChI is InChI=1S/C19H21NO3S2/c1-22-16-9-8-14(12-17(16)23-2)10-11-20-18(24)25-13-19(20,21)15-6-4-3-5-7-15/h3-9,12,21H,10-11,13H2,1-2H3. The molecule has 1 saturated heterocycles. The molecule has 2 aromatic rings. The van der Waals surface area contributed by atoms with Crippen molar-refractivity contribution >= 4 is 28.3 Å². The lowest BCUT2D eigenvalue weighted by Crippen LogP contribution is -2.45. The first-order valence-electron chi connectivity index (χ1n) is 8.01. The molecule has 132 valence electrons. The number of aliphatic hydroxyl groups is 1. The number of thioether (sulfide) groups is 1. The van der Waals surface area contributed by atoms with Gasteiger partial charge in [0.2, 0.25) is 0 Å². The highest BCUT2D eigenvalue weighted by Gasteiger charge is 2.43. The molecule has 1 heterocycles. The lowest BCUT2D eigenvalue weighted by molar-refractivity contribution is -0.0460. The SMILES string of the molecule is COc1ccc(CCN2C(=S)SCC2(O)c2ccccc2)cc1OC. The predicted octanol–water partition coefficient (Wildman–Crippen LogP) is 3.43. The van der Waals surface area contributed by atoms with Gasteiger partial charge >= 0.3 is 0 Å². The predicted molar refractivity (Wildman–Crippen MR) is 105 cm³/mol. The van der Waals surface area contributed by atoms with E-state index in [1.165, 1.54) is 11.8 Å². The first-order valence-corrected chi connectivity index (χ1v) is 9.41. The van der Waals surface area contributed by atoms with Gasteiger partial charge in [-0.15, -0.1) is 0 Å². The second-order valence-corrected chi connectivity index (χ2v) is 7.44. The summed E-state index contributed by atoms with van der Waals surface area (Å²) < 4.78 is 11.4. The minimum absolute atomic E-state index is 0.543. The minimum Gasteiger partial charge on any atom is -0.493 e. The number of methoxy groups -OCH3 is 2. The van der Waals surface area contributed by atoms with E-state index < -0.39 is 5.72 Å². The summed E-state index contributed by atoms with van der Waals surface area (Å²) in [6.07, 6.45) is 0.746. The number of hydrogen-bond acceptors (Lipinski definition) is 5. The van der Waals surface area contributed by atoms with Crippen molar-refractivity contribution in [3.05, 3.63) is 59.7 Å². The number of benzene rings is 2. The summed E-state index contributed by atoms with van der Waals surface area (Å²) in [6.45, 7) is 0.632. The largest absolute Gasteiger partial charge is 0.493 e. The van der Waals surface area contributed by atoms with E-state index in [1.54, 1.807) is 14.2 Å². The van der Waals surface area contributed by atoms with Crippen LogP contribution in [0.15, 0.2) is 48.5 Å². The fourth-order valence-corrected chi connectivity index (χ4v) is 4.43. The average molecular weight is 376 g/mol. The Morgan fingerprint density at radius 2 is 1.84 bits per heavy atom. The molecule has 25 heavy (non-hydrogen) atoms. The van der Waals surface area contributed by atoms with Crippen molar-refractivity contribution < 1.29 is 14.6 Å². The summed E-state index contributed by atoms with van der Waals surface area (Å²) in [5, 5.41) is 11.2. The third kappa shape index (κ3) is 3.61. The Morgan fingerprint density at radius 1 is 1.12 bits per heavy atom. The van der Waals surface area contributed by atoms with E-state index in [1.807, 2.05) is 53.4 Å². The molecule has 0 saturated carbocycles. The number of nitrogens with zero attached hydrogens (tertiary/aromatic N) is 1. The van der Waals surface area contributed by atoms with Gasteiger partial charge in [0, 0.05) is 12.1 Å². The summed E-state index contributed by atoms with van der Waals surface area (Å²) in [5.74, 6) is 1.96. The van der Waals surface area contributed by atoms with Gasteiger partial charge in [0.05, 0.1) is 20.0 Å². The zero-order chi connectivity index (χ0) is 17.9. The number of ether oxygens (including phenoxy) is 2. The second kappa shape index (κ2) is 7.64. The first-order chi connectivity index (χ1) is 12.1. The van der Waals surface area contributed by atoms with E-state index in [0.29, 0.717) is 23.8 Å². The van der Waals surface area contributed by atoms with Crippen molar-refractivity contribution in [2.75, 3.05) is 26.5 Å². The summed E-state index contributed by atoms with van der Waals surface area (Å²) in [4.78, 5) is 1.92. The normalized spacial score (nSPS) is 20.0. The van der Waals surface area contributed by atoms with Crippen molar-refractivity contribution in [3.63, 3.8) is 0 Å². The van der Waals surface area contributed by atoms with Crippen LogP contribution in [0, 0.1) is 0 Å². The van der Waals surface area contributed by atoms with Crippen LogP contribution < -0.4 is 9.47 Å². The summed E-state index contributed by atoms with van der Waals surface area (Å²) >= 11 is 7.00. The summed E-state index contributed by atoms with van der Waals surface area (Å²) in [5.41, 5.74) is 0.918. The molecule has 4 nitrogen and oxygen atoms in total. The van der Waals surface area contributed by atoms with E-state index in [9.17, 15) is 5.11 Å². The quantitative estimate of drug-likeness (QED) is 0.781. The van der Waals surface area contributed by atoms with Gasteiger partial charge in [-0.2, -0.15) is 0 Å². The number of thiocarbonyl (C=S) groups is 1. The summed E-state index contributed by atoms with van der Waals surface area (Å²) in [6, 6.07) is 15.6. The Bertz CT molecular complexity index is 754. The Hall–Kier alpha value is -1.76. The first kappa shape index (κ1) is 18.0. The highest BCUT2D eigenvalue weighted by molar-refractivity contribution is 8.23. The lowest BCUT2D eigenvalue weighted by Gasteiger charge is -2.34. The zero-order valence-corrected chi connectivity index (χ0v) is 15.9. The smallest absolute Gasteiger partial charge is 0.175 e. The third-order valence-electron chi connectivity index (χ3n) is 4.37. The summed E-state index contributed by atoms with van der Waals surface area (Å²) in [7, 11) is 3.25. The van der Waals surface area contributed by atoms with Gasteiger partial charge in [-0.3, -0.25) is 0 Å². The maximum atomic E-state index is 11.2. The van der Waals surface area contributed by atoms with E-state index in [-0.39, 0.29) is 0 Å². The zero-order valence-electron chi connectivity index (χ0n) is 14.3. The molecule has 0 aromatic heterocycles. The lowest BCUT2D eigenvalue weighted by atomic mass is 10.0. The van der Waals surface area contributed by atoms with Crippen molar-refractivity contribution in [3.8, 4) is 11.5 Å². The Balaban J connectivity index is 1.78. The van der Waals surface area contributed by atoms with Gasteiger partial charge in [-0.1, -0.05) is 60.4 Å². The van der Waals surface area contributed by atoms with E-state index in [0.717, 1.165) is 21.9 Å². The average Bonchev–Trinajstić information content (AvgIpc) is 2.95. The third-order valence-corrected chi connectivity index (χ3v) is 5.96. The van der Waals surface area contributed by atoms with Gasteiger partial charge in [0.15, 0.2) is 17.2 Å². The molecule has 1 fully saturated rings. The molecule has 3 rings (SSSR count). The van der Waals surface area contributed by atoms with Crippen molar-refractivity contribution in [1.82, 2.24) is 4.90 Å². The molecule has 1 atom stereocenters. The van der Waals surface area contributed by atoms with Crippen molar-refractivity contribution in [2.45, 2.75) is 12.1 Å².